The number of aliphatic hydroxyl groups excluding tert-OH is 1. The van der Waals surface area contributed by atoms with E-state index in [0.717, 1.165) is 11.3 Å². The van der Waals surface area contributed by atoms with Gasteiger partial charge >= 0.3 is 5.97 Å². The molecule has 0 fully saturated rings. The number of hydrogen-bond acceptors (Lipinski definition) is 5. The van der Waals surface area contributed by atoms with Crippen molar-refractivity contribution in [2.75, 3.05) is 7.11 Å². The molecule has 0 saturated carbocycles. The summed E-state index contributed by atoms with van der Waals surface area (Å²) in [5.41, 5.74) is 1.62. The zero-order chi connectivity index (χ0) is 17.8. The second-order valence-corrected chi connectivity index (χ2v) is 5.43. The Bertz CT molecular complexity index is 895. The normalized spacial score (nSPS) is 15.3. The van der Waals surface area contributed by atoms with Crippen molar-refractivity contribution < 1.29 is 19.4 Å². The molecule has 0 bridgehead atoms. The fourth-order valence-corrected chi connectivity index (χ4v) is 2.49. The van der Waals surface area contributed by atoms with Crippen LogP contribution in [0.4, 0.5) is 0 Å². The molecule has 0 spiro atoms. The van der Waals surface area contributed by atoms with Gasteiger partial charge in [0.25, 0.3) is 0 Å². The van der Waals surface area contributed by atoms with Crippen molar-refractivity contribution in [3.8, 4) is 11.5 Å². The van der Waals surface area contributed by atoms with E-state index in [4.69, 9.17) is 4.74 Å². The summed E-state index contributed by atoms with van der Waals surface area (Å²) in [5.74, 6) is 0.607. The smallest absolute Gasteiger partial charge is 0.343 e. The molecular formula is C20H17NO4. The highest BCUT2D eigenvalue weighted by Crippen LogP contribution is 2.28. The summed E-state index contributed by atoms with van der Waals surface area (Å²) >= 11 is 0. The lowest BCUT2D eigenvalue weighted by Gasteiger charge is -2.06. The molecule has 0 amide bonds. The molecule has 1 heterocycles. The Morgan fingerprint density at radius 1 is 1.08 bits per heavy atom. The van der Waals surface area contributed by atoms with E-state index in [9.17, 15) is 9.90 Å². The van der Waals surface area contributed by atoms with Gasteiger partial charge in [-0.05, 0) is 42.8 Å². The molecule has 1 aliphatic heterocycles. The fraction of sp³-hybridized carbons (Fsp3) is 0.100. The molecule has 25 heavy (non-hydrogen) atoms. The Morgan fingerprint density at radius 2 is 1.80 bits per heavy atom. The SMILES string of the molecule is COC(=O)C1=C(O)/C(=C\c2cccc(Oc3ccccc3)c2)N=C1C. The number of ether oxygens (including phenoxy) is 2. The van der Waals surface area contributed by atoms with Gasteiger partial charge in [0.2, 0.25) is 0 Å². The van der Waals surface area contributed by atoms with E-state index in [0.29, 0.717) is 17.2 Å². The van der Waals surface area contributed by atoms with Gasteiger partial charge in [-0.15, -0.1) is 0 Å². The van der Waals surface area contributed by atoms with E-state index in [2.05, 4.69) is 9.73 Å². The van der Waals surface area contributed by atoms with E-state index >= 15 is 0 Å². The Kier molecular flexibility index (Phi) is 4.66. The molecule has 5 heteroatoms. The van der Waals surface area contributed by atoms with Gasteiger partial charge in [0, 0.05) is 0 Å². The summed E-state index contributed by atoms with van der Waals surface area (Å²) in [5, 5.41) is 10.3. The molecule has 0 aromatic heterocycles. The van der Waals surface area contributed by atoms with Gasteiger partial charge in [-0.2, -0.15) is 0 Å². The molecule has 0 atom stereocenters. The van der Waals surface area contributed by atoms with Gasteiger partial charge in [-0.25, -0.2) is 9.79 Å². The van der Waals surface area contributed by atoms with Crippen LogP contribution in [-0.2, 0) is 9.53 Å². The average molecular weight is 335 g/mol. The second kappa shape index (κ2) is 7.05. The van der Waals surface area contributed by atoms with Gasteiger partial charge in [-0.3, -0.25) is 0 Å². The van der Waals surface area contributed by atoms with Crippen molar-refractivity contribution >= 4 is 17.8 Å². The molecule has 5 nitrogen and oxygen atoms in total. The average Bonchev–Trinajstić information content (AvgIpc) is 2.89. The predicted octanol–water partition coefficient (Wildman–Crippen LogP) is 4.28. The molecule has 2 aromatic carbocycles. The van der Waals surface area contributed by atoms with Crippen LogP contribution in [0.5, 0.6) is 11.5 Å². The van der Waals surface area contributed by atoms with E-state index in [1.807, 2.05) is 54.6 Å². The van der Waals surface area contributed by atoms with E-state index in [1.54, 1.807) is 13.0 Å². The number of benzene rings is 2. The highest BCUT2D eigenvalue weighted by atomic mass is 16.5. The zero-order valence-corrected chi connectivity index (χ0v) is 13.9. The Labute approximate surface area is 145 Å². The third-order valence-corrected chi connectivity index (χ3v) is 3.66. The third kappa shape index (κ3) is 3.61. The second-order valence-electron chi connectivity index (χ2n) is 5.43. The Hall–Kier alpha value is -3.34. The van der Waals surface area contributed by atoms with Crippen molar-refractivity contribution in [3.63, 3.8) is 0 Å². The first-order chi connectivity index (χ1) is 12.1. The molecular weight excluding hydrogens is 318 g/mol. The number of aliphatic imine (C=N–C) groups is 1. The van der Waals surface area contributed by atoms with Crippen molar-refractivity contribution in [3.05, 3.63) is 77.2 Å². The standard InChI is InChI=1S/C20H17NO4/c1-13-18(20(23)24-2)19(22)17(21-13)12-14-7-6-10-16(11-14)25-15-8-4-3-5-9-15/h3-12,22H,1-2H3/b17-12+. The van der Waals surface area contributed by atoms with Gasteiger partial charge < -0.3 is 14.6 Å². The Morgan fingerprint density at radius 3 is 2.52 bits per heavy atom. The minimum atomic E-state index is -0.608. The predicted molar refractivity (Wildman–Crippen MR) is 95.7 cm³/mol. The topological polar surface area (TPSA) is 68.1 Å². The van der Waals surface area contributed by atoms with E-state index in [1.165, 1.54) is 7.11 Å². The van der Waals surface area contributed by atoms with E-state index in [-0.39, 0.29) is 11.3 Å². The largest absolute Gasteiger partial charge is 0.505 e. The first-order valence-electron chi connectivity index (χ1n) is 7.70. The lowest BCUT2D eigenvalue weighted by molar-refractivity contribution is -0.135. The monoisotopic (exact) mass is 335 g/mol. The number of carbonyl (C=O) groups excluding carboxylic acids is 1. The lowest BCUT2D eigenvalue weighted by Crippen LogP contribution is -2.11. The summed E-state index contributed by atoms with van der Waals surface area (Å²) in [4.78, 5) is 16.0. The molecule has 0 saturated heterocycles. The number of esters is 1. The van der Waals surface area contributed by atoms with Crippen molar-refractivity contribution in [2.24, 2.45) is 4.99 Å². The fourth-order valence-electron chi connectivity index (χ4n) is 2.49. The number of para-hydroxylation sites is 1. The minimum absolute atomic E-state index is 0.0884. The number of methoxy groups -OCH3 is 1. The molecule has 0 unspecified atom stereocenters. The quantitative estimate of drug-likeness (QED) is 0.847. The van der Waals surface area contributed by atoms with Gasteiger partial charge in [0.1, 0.15) is 22.8 Å². The maximum atomic E-state index is 11.7. The van der Waals surface area contributed by atoms with Crippen LogP contribution < -0.4 is 4.74 Å². The van der Waals surface area contributed by atoms with Gasteiger partial charge in [0.15, 0.2) is 5.76 Å². The van der Waals surface area contributed by atoms with E-state index < -0.39 is 5.97 Å². The highest BCUT2D eigenvalue weighted by Gasteiger charge is 2.27. The maximum absolute atomic E-state index is 11.7. The molecule has 3 rings (SSSR count). The molecule has 1 aliphatic rings. The molecule has 2 aromatic rings. The summed E-state index contributed by atoms with van der Waals surface area (Å²) < 4.78 is 10.5. The van der Waals surface area contributed by atoms with Crippen LogP contribution in [0.15, 0.2) is 76.6 Å². The number of nitrogens with zero attached hydrogens (tertiary/aromatic N) is 1. The third-order valence-electron chi connectivity index (χ3n) is 3.66. The first kappa shape index (κ1) is 16.5. The maximum Gasteiger partial charge on any atom is 0.343 e. The van der Waals surface area contributed by atoms with Crippen molar-refractivity contribution in [1.29, 1.82) is 0 Å². The summed E-state index contributed by atoms with van der Waals surface area (Å²) in [6.07, 6.45) is 1.69. The van der Waals surface area contributed by atoms with Crippen LogP contribution >= 0.6 is 0 Å². The number of rotatable bonds is 4. The van der Waals surface area contributed by atoms with Crippen molar-refractivity contribution in [2.45, 2.75) is 6.92 Å². The summed E-state index contributed by atoms with van der Waals surface area (Å²) in [6, 6.07) is 16.8. The van der Waals surface area contributed by atoms with Crippen molar-refractivity contribution in [1.82, 2.24) is 0 Å². The summed E-state index contributed by atoms with van der Waals surface area (Å²) in [6.45, 7) is 1.65. The number of aliphatic hydroxyl groups is 1. The number of hydrogen-bond donors (Lipinski definition) is 1. The van der Waals surface area contributed by atoms with Gasteiger partial charge in [-0.1, -0.05) is 30.3 Å². The van der Waals surface area contributed by atoms with Crippen LogP contribution in [0.25, 0.3) is 6.08 Å². The van der Waals surface area contributed by atoms with Crippen LogP contribution in [0.3, 0.4) is 0 Å². The van der Waals surface area contributed by atoms with Crippen LogP contribution in [0.1, 0.15) is 12.5 Å². The van der Waals surface area contributed by atoms with Crippen LogP contribution in [-0.4, -0.2) is 23.9 Å². The van der Waals surface area contributed by atoms with Crippen LogP contribution in [0.2, 0.25) is 0 Å². The highest BCUT2D eigenvalue weighted by molar-refractivity contribution is 6.21. The van der Waals surface area contributed by atoms with Gasteiger partial charge in [0.05, 0.1) is 12.8 Å². The molecule has 1 N–H and O–H groups in total. The minimum Gasteiger partial charge on any atom is -0.505 e. The first-order valence-corrected chi connectivity index (χ1v) is 7.70. The molecule has 126 valence electrons. The lowest BCUT2D eigenvalue weighted by atomic mass is 10.1. The zero-order valence-electron chi connectivity index (χ0n) is 13.9. The summed E-state index contributed by atoms with van der Waals surface area (Å²) in [7, 11) is 1.27. The Balaban J connectivity index is 1.88. The molecule has 0 radical (unpaired) electrons. The molecule has 0 aliphatic carbocycles. The van der Waals surface area contributed by atoms with Crippen LogP contribution in [0, 0.1) is 0 Å². The number of carbonyl (C=O) groups is 1.